The second-order valence-electron chi connectivity index (χ2n) is 5.16. The molecule has 0 N–H and O–H groups in total. The van der Waals surface area contributed by atoms with E-state index in [0.29, 0.717) is 18.8 Å². The van der Waals surface area contributed by atoms with E-state index in [0.717, 1.165) is 24.6 Å². The SMILES string of the molecule is O=C(c1ccco1)N1CCN(c2ccnc3ccnn23)CC1. The first-order valence-electron chi connectivity index (χ1n) is 7.19. The molecule has 0 aliphatic carbocycles. The van der Waals surface area contributed by atoms with Gasteiger partial charge in [0.05, 0.1) is 12.5 Å². The highest BCUT2D eigenvalue weighted by atomic mass is 16.3. The van der Waals surface area contributed by atoms with Crippen molar-refractivity contribution in [1.82, 2.24) is 19.5 Å². The molecule has 22 heavy (non-hydrogen) atoms. The lowest BCUT2D eigenvalue weighted by Crippen LogP contribution is -2.49. The molecule has 0 radical (unpaired) electrons. The number of amides is 1. The van der Waals surface area contributed by atoms with Crippen LogP contribution in [0.25, 0.3) is 5.65 Å². The van der Waals surface area contributed by atoms with Gasteiger partial charge in [0.15, 0.2) is 11.4 Å². The van der Waals surface area contributed by atoms with Crippen molar-refractivity contribution < 1.29 is 9.21 Å². The molecule has 0 atom stereocenters. The van der Waals surface area contributed by atoms with Crippen molar-refractivity contribution in [2.75, 3.05) is 31.1 Å². The topological polar surface area (TPSA) is 66.9 Å². The van der Waals surface area contributed by atoms with Crippen molar-refractivity contribution in [3.8, 4) is 0 Å². The zero-order chi connectivity index (χ0) is 14.9. The van der Waals surface area contributed by atoms with E-state index in [2.05, 4.69) is 15.0 Å². The Morgan fingerprint density at radius 2 is 1.95 bits per heavy atom. The normalized spacial score (nSPS) is 15.5. The second kappa shape index (κ2) is 5.18. The molecule has 0 bridgehead atoms. The maximum atomic E-state index is 12.3. The molecule has 4 heterocycles. The van der Waals surface area contributed by atoms with Gasteiger partial charge in [-0.1, -0.05) is 0 Å². The fourth-order valence-electron chi connectivity index (χ4n) is 2.76. The average molecular weight is 297 g/mol. The van der Waals surface area contributed by atoms with Gasteiger partial charge in [-0.2, -0.15) is 9.61 Å². The van der Waals surface area contributed by atoms with Gasteiger partial charge >= 0.3 is 0 Å². The van der Waals surface area contributed by atoms with Crippen molar-refractivity contribution in [2.45, 2.75) is 0 Å². The number of nitrogens with zero attached hydrogens (tertiary/aromatic N) is 5. The van der Waals surface area contributed by atoms with Crippen LogP contribution in [0, 0.1) is 0 Å². The van der Waals surface area contributed by atoms with Crippen LogP contribution in [0.3, 0.4) is 0 Å². The fraction of sp³-hybridized carbons (Fsp3) is 0.267. The van der Waals surface area contributed by atoms with Gasteiger partial charge in [0.2, 0.25) is 0 Å². The molecule has 7 nitrogen and oxygen atoms in total. The van der Waals surface area contributed by atoms with Gasteiger partial charge in [-0.3, -0.25) is 4.79 Å². The van der Waals surface area contributed by atoms with E-state index in [4.69, 9.17) is 4.42 Å². The summed E-state index contributed by atoms with van der Waals surface area (Å²) in [5.41, 5.74) is 0.826. The third-order valence-corrected chi connectivity index (χ3v) is 3.89. The molecule has 3 aromatic rings. The number of carbonyl (C=O) groups is 1. The average Bonchev–Trinajstić information content (AvgIpc) is 3.25. The number of anilines is 1. The Hall–Kier alpha value is -2.83. The van der Waals surface area contributed by atoms with Crippen LogP contribution in [-0.4, -0.2) is 51.6 Å². The van der Waals surface area contributed by atoms with Crippen LogP contribution in [-0.2, 0) is 0 Å². The van der Waals surface area contributed by atoms with Gasteiger partial charge < -0.3 is 14.2 Å². The lowest BCUT2D eigenvalue weighted by Gasteiger charge is -2.35. The molecule has 1 amide bonds. The minimum Gasteiger partial charge on any atom is -0.459 e. The van der Waals surface area contributed by atoms with E-state index in [1.54, 1.807) is 24.5 Å². The number of hydrogen-bond acceptors (Lipinski definition) is 5. The van der Waals surface area contributed by atoms with Gasteiger partial charge in [0.25, 0.3) is 5.91 Å². The first kappa shape index (κ1) is 12.9. The first-order valence-corrected chi connectivity index (χ1v) is 7.19. The molecular formula is C15H15N5O2. The minimum absolute atomic E-state index is 0.0522. The van der Waals surface area contributed by atoms with Gasteiger partial charge in [-0.05, 0) is 18.2 Å². The Bertz CT molecular complexity index is 787. The molecule has 1 saturated heterocycles. The number of carbonyl (C=O) groups excluding carboxylic acids is 1. The third-order valence-electron chi connectivity index (χ3n) is 3.89. The first-order chi connectivity index (χ1) is 10.8. The number of rotatable bonds is 2. The zero-order valence-corrected chi connectivity index (χ0v) is 11.9. The number of piperazine rings is 1. The van der Waals surface area contributed by atoms with Crippen molar-refractivity contribution >= 4 is 17.4 Å². The van der Waals surface area contributed by atoms with Crippen LogP contribution in [0.4, 0.5) is 5.82 Å². The van der Waals surface area contributed by atoms with Crippen molar-refractivity contribution in [1.29, 1.82) is 0 Å². The van der Waals surface area contributed by atoms with E-state index >= 15 is 0 Å². The fourth-order valence-corrected chi connectivity index (χ4v) is 2.76. The zero-order valence-electron chi connectivity index (χ0n) is 11.9. The Morgan fingerprint density at radius 3 is 2.73 bits per heavy atom. The Balaban J connectivity index is 1.50. The summed E-state index contributed by atoms with van der Waals surface area (Å²) in [5, 5.41) is 4.31. The summed E-state index contributed by atoms with van der Waals surface area (Å²) >= 11 is 0. The Labute approximate surface area is 126 Å². The lowest BCUT2D eigenvalue weighted by atomic mass is 10.3. The molecule has 4 rings (SSSR count). The second-order valence-corrected chi connectivity index (χ2v) is 5.16. The van der Waals surface area contributed by atoms with Crippen LogP contribution in [0.2, 0.25) is 0 Å². The van der Waals surface area contributed by atoms with E-state index in [1.807, 2.05) is 21.5 Å². The summed E-state index contributed by atoms with van der Waals surface area (Å²) in [6.45, 7) is 2.83. The minimum atomic E-state index is -0.0522. The highest BCUT2D eigenvalue weighted by Gasteiger charge is 2.24. The summed E-state index contributed by atoms with van der Waals surface area (Å²) in [5.74, 6) is 1.34. The summed E-state index contributed by atoms with van der Waals surface area (Å²) in [6, 6.07) is 7.25. The maximum absolute atomic E-state index is 12.3. The molecule has 1 fully saturated rings. The van der Waals surface area contributed by atoms with E-state index in [-0.39, 0.29) is 5.91 Å². The highest BCUT2D eigenvalue weighted by molar-refractivity contribution is 5.91. The Kier molecular flexibility index (Phi) is 3.03. The summed E-state index contributed by atoms with van der Waals surface area (Å²) in [4.78, 5) is 20.6. The number of fused-ring (bicyclic) bond motifs is 1. The van der Waals surface area contributed by atoms with Crippen molar-refractivity contribution in [3.63, 3.8) is 0 Å². The van der Waals surface area contributed by atoms with E-state index < -0.39 is 0 Å². The predicted molar refractivity (Wildman–Crippen MR) is 79.8 cm³/mol. The summed E-state index contributed by atoms with van der Waals surface area (Å²) < 4.78 is 7.00. The van der Waals surface area contributed by atoms with Gasteiger partial charge in [-0.25, -0.2) is 4.98 Å². The molecule has 1 aliphatic heterocycles. The van der Waals surface area contributed by atoms with Crippen LogP contribution in [0.5, 0.6) is 0 Å². The quantitative estimate of drug-likeness (QED) is 0.713. The van der Waals surface area contributed by atoms with Crippen molar-refractivity contribution in [2.24, 2.45) is 0 Å². The largest absolute Gasteiger partial charge is 0.459 e. The summed E-state index contributed by atoms with van der Waals surface area (Å²) in [7, 11) is 0. The number of aromatic nitrogens is 3. The molecule has 0 spiro atoms. The predicted octanol–water partition coefficient (Wildman–Crippen LogP) is 1.28. The van der Waals surface area contributed by atoms with Crippen molar-refractivity contribution in [3.05, 3.63) is 48.7 Å². The molecule has 3 aromatic heterocycles. The van der Waals surface area contributed by atoms with E-state index in [1.165, 1.54) is 6.26 Å². The maximum Gasteiger partial charge on any atom is 0.289 e. The molecule has 7 heteroatoms. The Morgan fingerprint density at radius 1 is 1.09 bits per heavy atom. The number of hydrogen-bond donors (Lipinski definition) is 0. The molecule has 0 unspecified atom stereocenters. The molecular weight excluding hydrogens is 282 g/mol. The van der Waals surface area contributed by atoms with E-state index in [9.17, 15) is 4.79 Å². The molecule has 0 saturated carbocycles. The standard InChI is InChI=1S/C15H15N5O2/c21-15(12-2-1-11-22-12)19-9-7-18(8-10-19)14-4-5-16-13-3-6-17-20(13)14/h1-6,11H,7-10H2. The van der Waals surface area contributed by atoms with Gasteiger partial charge in [0, 0.05) is 38.4 Å². The lowest BCUT2D eigenvalue weighted by molar-refractivity contribution is 0.0714. The van der Waals surface area contributed by atoms with Crippen LogP contribution in [0.15, 0.2) is 47.3 Å². The molecule has 112 valence electrons. The van der Waals surface area contributed by atoms with Gasteiger partial charge in [-0.15, -0.1) is 0 Å². The van der Waals surface area contributed by atoms with Gasteiger partial charge in [0.1, 0.15) is 5.82 Å². The van der Waals surface area contributed by atoms with Crippen LogP contribution < -0.4 is 4.90 Å². The number of furan rings is 1. The monoisotopic (exact) mass is 297 g/mol. The van der Waals surface area contributed by atoms with Crippen LogP contribution >= 0.6 is 0 Å². The smallest absolute Gasteiger partial charge is 0.289 e. The summed E-state index contributed by atoms with van der Waals surface area (Å²) in [6.07, 6.45) is 5.05. The molecule has 0 aromatic carbocycles. The van der Waals surface area contributed by atoms with Crippen LogP contribution in [0.1, 0.15) is 10.6 Å². The third kappa shape index (κ3) is 2.11. The highest BCUT2D eigenvalue weighted by Crippen LogP contribution is 2.17. The molecule has 1 aliphatic rings.